The van der Waals surface area contributed by atoms with Gasteiger partial charge in [0.25, 0.3) is 0 Å². The van der Waals surface area contributed by atoms with Gasteiger partial charge in [-0.25, -0.2) is 9.97 Å². The molecular formula is C24H23N3OS. The normalized spacial score (nSPS) is 11.2. The molecule has 0 aliphatic carbocycles. The largest absolute Gasteiger partial charge is 0.491 e. The van der Waals surface area contributed by atoms with E-state index < -0.39 is 0 Å². The summed E-state index contributed by atoms with van der Waals surface area (Å²) in [7, 11) is 0. The third-order valence-electron chi connectivity index (χ3n) is 4.42. The maximum atomic E-state index is 5.78. The number of hydrogen-bond acceptors (Lipinski definition) is 4. The molecule has 0 saturated carbocycles. The molecule has 2 heterocycles. The van der Waals surface area contributed by atoms with Gasteiger partial charge in [0, 0.05) is 10.6 Å². The van der Waals surface area contributed by atoms with E-state index in [-0.39, 0.29) is 6.10 Å². The summed E-state index contributed by atoms with van der Waals surface area (Å²) in [5.74, 6) is 0.863. The molecule has 0 spiro atoms. The van der Waals surface area contributed by atoms with Crippen LogP contribution in [0, 0.1) is 0 Å². The number of aromatic nitrogens is 3. The second-order valence-electron chi connectivity index (χ2n) is 7.12. The lowest BCUT2D eigenvalue weighted by atomic mass is 10.1. The Morgan fingerprint density at radius 3 is 2.41 bits per heavy atom. The third kappa shape index (κ3) is 4.05. The molecule has 4 nitrogen and oxygen atoms in total. The summed E-state index contributed by atoms with van der Waals surface area (Å²) in [6.07, 6.45) is 1.77. The molecule has 2 aromatic carbocycles. The summed E-state index contributed by atoms with van der Waals surface area (Å²) in [6, 6.07) is 20.5. The van der Waals surface area contributed by atoms with Crippen molar-refractivity contribution < 1.29 is 4.74 Å². The van der Waals surface area contributed by atoms with Crippen molar-refractivity contribution in [1.82, 2.24) is 14.5 Å². The van der Waals surface area contributed by atoms with Crippen LogP contribution in [-0.4, -0.2) is 20.6 Å². The van der Waals surface area contributed by atoms with E-state index in [1.54, 1.807) is 18.1 Å². The summed E-state index contributed by atoms with van der Waals surface area (Å²) in [6.45, 7) is 10.2. The van der Waals surface area contributed by atoms with Crippen molar-refractivity contribution in [3.05, 3.63) is 73.6 Å². The lowest BCUT2D eigenvalue weighted by Gasteiger charge is -2.12. The molecule has 0 atom stereocenters. The van der Waals surface area contributed by atoms with Gasteiger partial charge in [0.05, 0.1) is 17.2 Å². The first-order chi connectivity index (χ1) is 14.0. The predicted molar refractivity (Wildman–Crippen MR) is 120 cm³/mol. The number of ether oxygens (including phenoxy) is 1. The van der Waals surface area contributed by atoms with Crippen LogP contribution in [0.3, 0.4) is 0 Å². The van der Waals surface area contributed by atoms with E-state index >= 15 is 0 Å². The Morgan fingerprint density at radius 1 is 1.03 bits per heavy atom. The van der Waals surface area contributed by atoms with Gasteiger partial charge in [0.15, 0.2) is 0 Å². The van der Waals surface area contributed by atoms with Crippen LogP contribution in [0.15, 0.2) is 83.5 Å². The van der Waals surface area contributed by atoms with Crippen LogP contribution in [0.2, 0.25) is 0 Å². The Labute approximate surface area is 175 Å². The van der Waals surface area contributed by atoms with E-state index in [2.05, 4.69) is 51.4 Å². The number of allylic oxidation sites excluding steroid dienone is 1. The molecule has 0 saturated heterocycles. The molecule has 4 aromatic rings. The van der Waals surface area contributed by atoms with Gasteiger partial charge in [-0.1, -0.05) is 36.5 Å². The monoisotopic (exact) mass is 401 g/mol. The van der Waals surface area contributed by atoms with Crippen LogP contribution < -0.4 is 4.74 Å². The topological polar surface area (TPSA) is 39.9 Å². The average molecular weight is 402 g/mol. The minimum absolute atomic E-state index is 0.149. The van der Waals surface area contributed by atoms with Gasteiger partial charge < -0.3 is 4.74 Å². The Balaban J connectivity index is 1.81. The zero-order valence-electron chi connectivity index (χ0n) is 16.8. The minimum atomic E-state index is 0.149. The van der Waals surface area contributed by atoms with Crippen molar-refractivity contribution in [3.63, 3.8) is 0 Å². The summed E-state index contributed by atoms with van der Waals surface area (Å²) >= 11 is 1.64. The predicted octanol–water partition coefficient (Wildman–Crippen LogP) is 6.53. The van der Waals surface area contributed by atoms with Gasteiger partial charge in [0.1, 0.15) is 22.7 Å². The molecule has 0 aliphatic heterocycles. The molecule has 4 rings (SSSR count). The summed E-state index contributed by atoms with van der Waals surface area (Å²) < 4.78 is 7.86. The highest BCUT2D eigenvalue weighted by Crippen LogP contribution is 2.36. The van der Waals surface area contributed by atoms with E-state index in [0.29, 0.717) is 0 Å². The van der Waals surface area contributed by atoms with E-state index in [4.69, 9.17) is 4.74 Å². The zero-order chi connectivity index (χ0) is 20.4. The first-order valence-electron chi connectivity index (χ1n) is 9.55. The smallest absolute Gasteiger partial charge is 0.149 e. The highest BCUT2D eigenvalue weighted by atomic mass is 32.2. The van der Waals surface area contributed by atoms with Gasteiger partial charge in [-0.05, 0) is 68.8 Å². The second kappa shape index (κ2) is 8.13. The van der Waals surface area contributed by atoms with E-state index in [1.807, 2.05) is 51.1 Å². The molecule has 29 heavy (non-hydrogen) atoms. The van der Waals surface area contributed by atoms with Crippen molar-refractivity contribution in [1.29, 1.82) is 0 Å². The van der Waals surface area contributed by atoms with Gasteiger partial charge >= 0.3 is 0 Å². The Kier molecular flexibility index (Phi) is 5.41. The molecule has 0 amide bonds. The molecule has 0 bridgehead atoms. The van der Waals surface area contributed by atoms with Crippen LogP contribution in [0.5, 0.6) is 5.75 Å². The van der Waals surface area contributed by atoms with Crippen LogP contribution in [-0.2, 0) is 0 Å². The van der Waals surface area contributed by atoms with Gasteiger partial charge in [-0.15, -0.1) is 0 Å². The van der Waals surface area contributed by atoms with Crippen LogP contribution in [0.25, 0.3) is 28.0 Å². The molecule has 5 heteroatoms. The lowest BCUT2D eigenvalue weighted by molar-refractivity contribution is 0.242. The number of fused-ring (bicyclic) bond motifs is 1. The average Bonchev–Trinajstić information content (AvgIpc) is 3.10. The fourth-order valence-electron chi connectivity index (χ4n) is 3.25. The second-order valence-corrected chi connectivity index (χ2v) is 8.18. The van der Waals surface area contributed by atoms with E-state index in [1.165, 1.54) is 0 Å². The number of hydrogen-bond donors (Lipinski definition) is 0. The van der Waals surface area contributed by atoms with Crippen LogP contribution in [0.4, 0.5) is 0 Å². The molecule has 0 unspecified atom stereocenters. The maximum absolute atomic E-state index is 5.78. The van der Waals surface area contributed by atoms with Crippen molar-refractivity contribution >= 4 is 28.5 Å². The standard InChI is InChI=1S/C24H23N3OS/c1-16(2)27-22(18-10-12-19(13-11-18)28-17(3)4)14-21-23(27)25-15-26-24(21)29-20-8-6-5-7-9-20/h5-15,17H,1H2,2-4H3. The highest BCUT2D eigenvalue weighted by molar-refractivity contribution is 7.99. The SMILES string of the molecule is C=C(C)n1c(-c2ccc(OC(C)C)cc2)cc2c(Sc3ccccc3)ncnc21. The molecular weight excluding hydrogens is 378 g/mol. The van der Waals surface area contributed by atoms with Crippen LogP contribution >= 0.6 is 11.8 Å². The van der Waals surface area contributed by atoms with Crippen molar-refractivity contribution in [2.75, 3.05) is 0 Å². The number of rotatable bonds is 6. The van der Waals surface area contributed by atoms with Crippen molar-refractivity contribution in [3.8, 4) is 17.0 Å². The summed E-state index contributed by atoms with van der Waals surface area (Å²) in [5, 5.41) is 1.95. The summed E-state index contributed by atoms with van der Waals surface area (Å²) in [5.41, 5.74) is 3.90. The molecule has 2 aromatic heterocycles. The molecule has 0 aliphatic rings. The van der Waals surface area contributed by atoms with Crippen LogP contribution in [0.1, 0.15) is 20.8 Å². The summed E-state index contributed by atoms with van der Waals surface area (Å²) in [4.78, 5) is 10.3. The third-order valence-corrected chi connectivity index (χ3v) is 5.45. The molecule has 146 valence electrons. The number of benzene rings is 2. The quantitative estimate of drug-likeness (QED) is 0.345. The fourth-order valence-corrected chi connectivity index (χ4v) is 4.12. The van der Waals surface area contributed by atoms with E-state index in [9.17, 15) is 0 Å². The zero-order valence-corrected chi connectivity index (χ0v) is 17.6. The lowest BCUT2D eigenvalue weighted by Crippen LogP contribution is -2.05. The molecule has 0 fully saturated rings. The molecule has 0 radical (unpaired) electrons. The molecule has 0 N–H and O–H groups in total. The van der Waals surface area contributed by atoms with Crippen molar-refractivity contribution in [2.45, 2.75) is 36.8 Å². The Bertz CT molecular complexity index is 1150. The van der Waals surface area contributed by atoms with E-state index in [0.717, 1.165) is 43.7 Å². The Hall–Kier alpha value is -3.05. The van der Waals surface area contributed by atoms with Gasteiger partial charge in [-0.3, -0.25) is 4.57 Å². The first kappa shape index (κ1) is 19.3. The van der Waals surface area contributed by atoms with Gasteiger partial charge in [0.2, 0.25) is 0 Å². The minimum Gasteiger partial charge on any atom is -0.491 e. The Morgan fingerprint density at radius 2 is 1.76 bits per heavy atom. The number of nitrogens with zero attached hydrogens (tertiary/aromatic N) is 3. The first-order valence-corrected chi connectivity index (χ1v) is 10.4. The van der Waals surface area contributed by atoms with Gasteiger partial charge in [-0.2, -0.15) is 0 Å². The maximum Gasteiger partial charge on any atom is 0.149 e. The fraction of sp³-hybridized carbons (Fsp3) is 0.167. The highest BCUT2D eigenvalue weighted by Gasteiger charge is 2.16. The van der Waals surface area contributed by atoms with Crippen molar-refractivity contribution in [2.24, 2.45) is 0 Å².